The van der Waals surface area contributed by atoms with E-state index in [-0.39, 0.29) is 11.1 Å². The summed E-state index contributed by atoms with van der Waals surface area (Å²) in [4.78, 5) is 45.3. The molecule has 0 aromatic heterocycles. The van der Waals surface area contributed by atoms with Gasteiger partial charge < -0.3 is 10.2 Å². The van der Waals surface area contributed by atoms with E-state index in [1.165, 1.54) is 18.2 Å². The van der Waals surface area contributed by atoms with Gasteiger partial charge in [-0.2, -0.15) is 0 Å². The van der Waals surface area contributed by atoms with Crippen molar-refractivity contribution >= 4 is 23.4 Å². The minimum atomic E-state index is -2.14. The Morgan fingerprint density at radius 3 is 2.00 bits per heavy atom. The standard InChI is InChI=1S/C16H11NO7/c18-14(9-5-2-1-3-6-9)11-8-4-7-10(13(11)17(23)24)12(15(19)20)16(21)22/h1-8,12H,(H,19,20)(H,21,22). The van der Waals surface area contributed by atoms with Crippen molar-refractivity contribution in [3.05, 3.63) is 75.3 Å². The molecule has 2 N–H and O–H groups in total. The van der Waals surface area contributed by atoms with Gasteiger partial charge in [-0.25, -0.2) is 0 Å². The number of carbonyl (C=O) groups excluding carboxylic acids is 1. The third kappa shape index (κ3) is 3.12. The van der Waals surface area contributed by atoms with E-state index >= 15 is 0 Å². The Labute approximate surface area is 135 Å². The lowest BCUT2D eigenvalue weighted by molar-refractivity contribution is -0.385. The SMILES string of the molecule is O=C(c1ccccc1)c1cccc(C(C(=O)O)C(=O)O)c1[N+](=O)[O-]. The zero-order valence-electron chi connectivity index (χ0n) is 12.1. The van der Waals surface area contributed by atoms with Gasteiger partial charge in [0.2, 0.25) is 0 Å². The quantitative estimate of drug-likeness (QED) is 0.358. The number of benzene rings is 2. The number of carbonyl (C=O) groups is 3. The maximum Gasteiger partial charge on any atom is 0.322 e. The van der Waals surface area contributed by atoms with Crippen molar-refractivity contribution in [2.75, 3.05) is 0 Å². The smallest absolute Gasteiger partial charge is 0.322 e. The average Bonchev–Trinajstić information content (AvgIpc) is 2.54. The number of ketones is 1. The molecule has 0 unspecified atom stereocenters. The van der Waals surface area contributed by atoms with E-state index in [0.29, 0.717) is 0 Å². The molecule has 2 aromatic carbocycles. The molecular formula is C16H11NO7. The Morgan fingerprint density at radius 1 is 0.917 bits per heavy atom. The van der Waals surface area contributed by atoms with Gasteiger partial charge in [0, 0.05) is 5.56 Å². The van der Waals surface area contributed by atoms with Crippen molar-refractivity contribution in [2.45, 2.75) is 5.92 Å². The highest BCUT2D eigenvalue weighted by molar-refractivity contribution is 6.12. The van der Waals surface area contributed by atoms with Crippen LogP contribution in [0.2, 0.25) is 0 Å². The number of nitro groups is 1. The zero-order chi connectivity index (χ0) is 17.9. The molecule has 0 saturated carbocycles. The van der Waals surface area contributed by atoms with E-state index in [9.17, 15) is 24.5 Å². The van der Waals surface area contributed by atoms with Crippen LogP contribution in [0, 0.1) is 10.1 Å². The maximum absolute atomic E-state index is 12.5. The van der Waals surface area contributed by atoms with Gasteiger partial charge >= 0.3 is 11.9 Å². The number of nitro benzene ring substituents is 1. The highest BCUT2D eigenvalue weighted by Crippen LogP contribution is 2.32. The largest absolute Gasteiger partial charge is 0.480 e. The molecule has 8 heteroatoms. The molecule has 0 aliphatic carbocycles. The molecule has 24 heavy (non-hydrogen) atoms. The Kier molecular flexibility index (Phi) is 4.69. The molecule has 0 radical (unpaired) electrons. The van der Waals surface area contributed by atoms with Gasteiger partial charge in [-0.15, -0.1) is 0 Å². The molecule has 8 nitrogen and oxygen atoms in total. The Bertz CT molecular complexity index is 816. The summed E-state index contributed by atoms with van der Waals surface area (Å²) in [6.45, 7) is 0. The zero-order valence-corrected chi connectivity index (χ0v) is 12.1. The summed E-state index contributed by atoms with van der Waals surface area (Å²) in [7, 11) is 0. The summed E-state index contributed by atoms with van der Waals surface area (Å²) in [6.07, 6.45) is 0. The molecule has 0 bridgehead atoms. The first-order valence-corrected chi connectivity index (χ1v) is 6.67. The molecule has 0 heterocycles. The van der Waals surface area contributed by atoms with Gasteiger partial charge in [-0.1, -0.05) is 42.5 Å². The van der Waals surface area contributed by atoms with Crippen LogP contribution in [0.1, 0.15) is 27.4 Å². The van der Waals surface area contributed by atoms with Gasteiger partial charge in [-0.05, 0) is 6.07 Å². The van der Waals surface area contributed by atoms with Crippen LogP contribution in [0.25, 0.3) is 0 Å². The van der Waals surface area contributed by atoms with Gasteiger partial charge in [0.25, 0.3) is 5.69 Å². The minimum Gasteiger partial charge on any atom is -0.480 e. The van der Waals surface area contributed by atoms with Gasteiger partial charge in [0.1, 0.15) is 5.56 Å². The van der Waals surface area contributed by atoms with E-state index in [2.05, 4.69) is 0 Å². The fraction of sp³-hybridized carbons (Fsp3) is 0.0625. The van der Waals surface area contributed by atoms with Crippen LogP contribution in [0.5, 0.6) is 0 Å². The first-order valence-electron chi connectivity index (χ1n) is 6.67. The molecule has 0 spiro atoms. The number of aliphatic carboxylic acids is 2. The Hall–Kier alpha value is -3.55. The minimum absolute atomic E-state index is 0.167. The summed E-state index contributed by atoms with van der Waals surface area (Å²) in [5.41, 5.74) is -1.57. The summed E-state index contributed by atoms with van der Waals surface area (Å²) >= 11 is 0. The molecule has 0 aliphatic rings. The predicted octanol–water partition coefficient (Wildman–Crippen LogP) is 2.08. The molecule has 122 valence electrons. The van der Waals surface area contributed by atoms with Gasteiger partial charge in [0.05, 0.1) is 10.5 Å². The van der Waals surface area contributed by atoms with Gasteiger partial charge in [-0.3, -0.25) is 24.5 Å². The van der Waals surface area contributed by atoms with Crippen molar-refractivity contribution in [1.82, 2.24) is 0 Å². The normalized spacial score (nSPS) is 10.4. The number of rotatable bonds is 6. The lowest BCUT2D eigenvalue weighted by Crippen LogP contribution is -2.23. The van der Waals surface area contributed by atoms with Crippen LogP contribution < -0.4 is 0 Å². The third-order valence-electron chi connectivity index (χ3n) is 3.34. The number of hydrogen-bond donors (Lipinski definition) is 2. The first-order chi connectivity index (χ1) is 11.3. The highest BCUT2D eigenvalue weighted by Gasteiger charge is 2.37. The van der Waals surface area contributed by atoms with E-state index < -0.39 is 39.8 Å². The number of nitrogens with zero attached hydrogens (tertiary/aromatic N) is 1. The summed E-state index contributed by atoms with van der Waals surface area (Å²) in [5, 5.41) is 29.5. The summed E-state index contributed by atoms with van der Waals surface area (Å²) in [6, 6.07) is 11.1. The van der Waals surface area contributed by atoms with Crippen LogP contribution in [-0.4, -0.2) is 32.9 Å². The van der Waals surface area contributed by atoms with E-state index in [4.69, 9.17) is 10.2 Å². The van der Waals surface area contributed by atoms with Crippen molar-refractivity contribution in [1.29, 1.82) is 0 Å². The fourth-order valence-corrected chi connectivity index (χ4v) is 2.30. The van der Waals surface area contributed by atoms with E-state index in [1.807, 2.05) is 0 Å². The van der Waals surface area contributed by atoms with Crippen LogP contribution in [0.15, 0.2) is 48.5 Å². The number of para-hydroxylation sites is 1. The second-order valence-corrected chi connectivity index (χ2v) is 4.81. The average molecular weight is 329 g/mol. The molecule has 0 fully saturated rings. The second-order valence-electron chi connectivity index (χ2n) is 4.81. The van der Waals surface area contributed by atoms with E-state index in [0.717, 1.165) is 12.1 Å². The molecule has 0 saturated heterocycles. The van der Waals surface area contributed by atoms with Crippen molar-refractivity contribution in [2.24, 2.45) is 0 Å². The first kappa shape index (κ1) is 16.8. The molecule has 0 atom stereocenters. The van der Waals surface area contributed by atoms with Crippen molar-refractivity contribution < 1.29 is 29.5 Å². The highest BCUT2D eigenvalue weighted by atomic mass is 16.6. The number of carboxylic acids is 2. The van der Waals surface area contributed by atoms with Crippen LogP contribution in [-0.2, 0) is 9.59 Å². The number of carboxylic acid groups (broad SMARTS) is 2. The molecule has 0 aliphatic heterocycles. The van der Waals surface area contributed by atoms with Crippen molar-refractivity contribution in [3.8, 4) is 0 Å². The maximum atomic E-state index is 12.5. The fourth-order valence-electron chi connectivity index (χ4n) is 2.30. The third-order valence-corrected chi connectivity index (χ3v) is 3.34. The molecule has 0 amide bonds. The topological polar surface area (TPSA) is 135 Å². The Morgan fingerprint density at radius 2 is 1.50 bits per heavy atom. The molecular weight excluding hydrogens is 318 g/mol. The van der Waals surface area contributed by atoms with E-state index in [1.54, 1.807) is 18.2 Å². The number of hydrogen-bond acceptors (Lipinski definition) is 5. The van der Waals surface area contributed by atoms with Gasteiger partial charge in [0.15, 0.2) is 11.7 Å². The summed E-state index contributed by atoms with van der Waals surface area (Å²) in [5.74, 6) is -6.35. The monoisotopic (exact) mass is 329 g/mol. The lowest BCUT2D eigenvalue weighted by atomic mass is 9.92. The summed E-state index contributed by atoms with van der Waals surface area (Å²) < 4.78 is 0. The molecule has 2 rings (SSSR count). The lowest BCUT2D eigenvalue weighted by Gasteiger charge is -2.11. The molecule has 2 aromatic rings. The predicted molar refractivity (Wildman–Crippen MR) is 81.0 cm³/mol. The van der Waals surface area contributed by atoms with Crippen LogP contribution in [0.4, 0.5) is 5.69 Å². The Balaban J connectivity index is 2.69. The van der Waals surface area contributed by atoms with Crippen LogP contribution >= 0.6 is 0 Å². The second kappa shape index (κ2) is 6.69. The van der Waals surface area contributed by atoms with Crippen molar-refractivity contribution in [3.63, 3.8) is 0 Å². The van der Waals surface area contributed by atoms with Crippen LogP contribution in [0.3, 0.4) is 0 Å².